The van der Waals surface area contributed by atoms with Gasteiger partial charge in [0.1, 0.15) is 16.7 Å². The molecule has 0 aliphatic carbocycles. The Morgan fingerprint density at radius 2 is 2.31 bits per heavy atom. The van der Waals surface area contributed by atoms with Gasteiger partial charge in [-0.25, -0.2) is 0 Å². The summed E-state index contributed by atoms with van der Waals surface area (Å²) >= 11 is 7.07. The zero-order valence-corrected chi connectivity index (χ0v) is 10.2. The smallest absolute Gasteiger partial charge is 0.193 e. The maximum absolute atomic E-state index is 8.93. The molecule has 2 aromatic rings. The highest BCUT2D eigenvalue weighted by atomic mass is 35.5. The second kappa shape index (κ2) is 4.20. The van der Waals surface area contributed by atoms with Gasteiger partial charge in [0, 0.05) is 0 Å². The standard InChI is InChI=1S/C11H9ClN2OS/c1-2-6-10(14)8(5-13)16-11(6)7-3-4-9(12)15-7/h3-4H,2,14H2,1H3. The predicted octanol–water partition coefficient (Wildman–Crippen LogP) is 3.68. The lowest BCUT2D eigenvalue weighted by Gasteiger charge is -1.98. The number of nitrogen functional groups attached to an aromatic ring is 1. The number of hydrogen-bond donors (Lipinski definition) is 1. The van der Waals surface area contributed by atoms with Crippen LogP contribution in [0.2, 0.25) is 5.22 Å². The van der Waals surface area contributed by atoms with Gasteiger partial charge in [-0.15, -0.1) is 11.3 Å². The first-order valence-corrected chi connectivity index (χ1v) is 5.93. The van der Waals surface area contributed by atoms with Crippen molar-refractivity contribution in [2.24, 2.45) is 0 Å². The molecule has 0 saturated carbocycles. The van der Waals surface area contributed by atoms with Crippen LogP contribution in [0.25, 0.3) is 10.6 Å². The van der Waals surface area contributed by atoms with Gasteiger partial charge < -0.3 is 10.2 Å². The van der Waals surface area contributed by atoms with Crippen molar-refractivity contribution in [2.75, 3.05) is 5.73 Å². The molecule has 0 aromatic carbocycles. The van der Waals surface area contributed by atoms with E-state index >= 15 is 0 Å². The Balaban J connectivity index is 2.61. The molecule has 0 fully saturated rings. The molecule has 16 heavy (non-hydrogen) atoms. The maximum atomic E-state index is 8.93. The number of thiophene rings is 1. The normalized spacial score (nSPS) is 10.3. The molecule has 2 aromatic heterocycles. The fraction of sp³-hybridized carbons (Fsp3) is 0.182. The van der Waals surface area contributed by atoms with Gasteiger partial charge in [-0.05, 0) is 35.7 Å². The van der Waals surface area contributed by atoms with Gasteiger partial charge in [0.15, 0.2) is 5.22 Å². The summed E-state index contributed by atoms with van der Waals surface area (Å²) in [5.41, 5.74) is 7.39. The number of rotatable bonds is 2. The van der Waals surface area contributed by atoms with E-state index < -0.39 is 0 Å². The quantitative estimate of drug-likeness (QED) is 0.887. The first kappa shape index (κ1) is 11.1. The van der Waals surface area contributed by atoms with E-state index in [1.54, 1.807) is 12.1 Å². The molecule has 0 aliphatic rings. The average molecular weight is 253 g/mol. The van der Waals surface area contributed by atoms with Crippen molar-refractivity contribution in [3.05, 3.63) is 27.8 Å². The minimum absolute atomic E-state index is 0.336. The first-order chi connectivity index (χ1) is 7.67. The van der Waals surface area contributed by atoms with Gasteiger partial charge in [-0.2, -0.15) is 5.26 Å². The monoisotopic (exact) mass is 252 g/mol. The number of anilines is 1. The molecule has 82 valence electrons. The summed E-state index contributed by atoms with van der Waals surface area (Å²) in [6.07, 6.45) is 0.762. The van der Waals surface area contributed by atoms with Crippen LogP contribution in [0.5, 0.6) is 0 Å². The zero-order chi connectivity index (χ0) is 11.7. The van der Waals surface area contributed by atoms with Crippen LogP contribution in [0.1, 0.15) is 17.4 Å². The number of nitriles is 1. The van der Waals surface area contributed by atoms with E-state index in [0.717, 1.165) is 16.9 Å². The van der Waals surface area contributed by atoms with E-state index in [4.69, 9.17) is 27.0 Å². The van der Waals surface area contributed by atoms with Gasteiger partial charge in [0.2, 0.25) is 0 Å². The molecule has 0 aliphatic heterocycles. The largest absolute Gasteiger partial charge is 0.444 e. The summed E-state index contributed by atoms with van der Waals surface area (Å²) in [6.45, 7) is 1.99. The minimum Gasteiger partial charge on any atom is -0.444 e. The van der Waals surface area contributed by atoms with E-state index in [1.165, 1.54) is 11.3 Å². The first-order valence-electron chi connectivity index (χ1n) is 4.74. The Morgan fingerprint density at radius 3 is 2.81 bits per heavy atom. The summed E-state index contributed by atoms with van der Waals surface area (Å²) in [6, 6.07) is 5.55. The topological polar surface area (TPSA) is 63.0 Å². The molecule has 2 N–H and O–H groups in total. The minimum atomic E-state index is 0.336. The predicted molar refractivity (Wildman–Crippen MR) is 65.5 cm³/mol. The summed E-state index contributed by atoms with van der Waals surface area (Å²) in [5.74, 6) is 0.667. The van der Waals surface area contributed by atoms with E-state index in [-0.39, 0.29) is 0 Å². The Morgan fingerprint density at radius 1 is 1.56 bits per heavy atom. The average Bonchev–Trinajstić information content (AvgIpc) is 2.82. The highest BCUT2D eigenvalue weighted by Crippen LogP contribution is 2.39. The molecule has 0 atom stereocenters. The Bertz CT molecular complexity index is 565. The van der Waals surface area contributed by atoms with E-state index in [2.05, 4.69) is 6.07 Å². The number of furan rings is 1. The molecule has 2 heterocycles. The third-order valence-corrected chi connectivity index (χ3v) is 3.67. The van der Waals surface area contributed by atoms with Crippen LogP contribution >= 0.6 is 22.9 Å². The maximum Gasteiger partial charge on any atom is 0.193 e. The summed E-state index contributed by atoms with van der Waals surface area (Å²) in [4.78, 5) is 1.42. The Labute approximate surface area is 102 Å². The van der Waals surface area contributed by atoms with Crippen molar-refractivity contribution >= 4 is 28.6 Å². The van der Waals surface area contributed by atoms with Crippen molar-refractivity contribution in [1.29, 1.82) is 5.26 Å². The van der Waals surface area contributed by atoms with E-state index in [1.807, 2.05) is 6.92 Å². The van der Waals surface area contributed by atoms with Crippen LogP contribution in [0.15, 0.2) is 16.5 Å². The van der Waals surface area contributed by atoms with Crippen molar-refractivity contribution in [3.63, 3.8) is 0 Å². The number of hydrogen-bond acceptors (Lipinski definition) is 4. The highest BCUT2D eigenvalue weighted by molar-refractivity contribution is 7.16. The van der Waals surface area contributed by atoms with Gasteiger partial charge in [-0.3, -0.25) is 0 Å². The van der Waals surface area contributed by atoms with Crippen LogP contribution < -0.4 is 5.73 Å². The van der Waals surface area contributed by atoms with Crippen LogP contribution in [-0.2, 0) is 6.42 Å². The fourth-order valence-corrected chi connectivity index (χ4v) is 2.76. The van der Waals surface area contributed by atoms with Crippen LogP contribution in [0, 0.1) is 11.3 Å². The summed E-state index contributed by atoms with van der Waals surface area (Å²) in [7, 11) is 0. The van der Waals surface area contributed by atoms with Crippen molar-refractivity contribution in [1.82, 2.24) is 0 Å². The van der Waals surface area contributed by atoms with E-state index in [0.29, 0.717) is 21.5 Å². The molecule has 0 saturated heterocycles. The van der Waals surface area contributed by atoms with Crippen LogP contribution in [0.4, 0.5) is 5.69 Å². The molecule has 0 radical (unpaired) electrons. The number of nitrogens with zero attached hydrogens (tertiary/aromatic N) is 1. The summed E-state index contributed by atoms with van der Waals surface area (Å²) in [5, 5.41) is 9.26. The van der Waals surface area contributed by atoms with Gasteiger partial charge >= 0.3 is 0 Å². The van der Waals surface area contributed by atoms with Crippen molar-refractivity contribution in [3.8, 4) is 16.7 Å². The van der Waals surface area contributed by atoms with E-state index in [9.17, 15) is 0 Å². The van der Waals surface area contributed by atoms with Crippen LogP contribution in [0.3, 0.4) is 0 Å². The van der Waals surface area contributed by atoms with Gasteiger partial charge in [-0.1, -0.05) is 6.92 Å². The molecular formula is C11H9ClN2OS. The molecular weight excluding hydrogens is 244 g/mol. The van der Waals surface area contributed by atoms with Crippen molar-refractivity contribution in [2.45, 2.75) is 13.3 Å². The lowest BCUT2D eigenvalue weighted by Crippen LogP contribution is -1.90. The summed E-state index contributed by atoms with van der Waals surface area (Å²) < 4.78 is 5.34. The number of halogens is 1. The van der Waals surface area contributed by atoms with Crippen molar-refractivity contribution < 1.29 is 4.42 Å². The molecule has 2 rings (SSSR count). The zero-order valence-electron chi connectivity index (χ0n) is 8.58. The number of nitrogens with two attached hydrogens (primary N) is 1. The van der Waals surface area contributed by atoms with Crippen LogP contribution in [-0.4, -0.2) is 0 Å². The lowest BCUT2D eigenvalue weighted by molar-refractivity contribution is 0.585. The Kier molecular flexibility index (Phi) is 2.90. The fourth-order valence-electron chi connectivity index (χ4n) is 1.55. The highest BCUT2D eigenvalue weighted by Gasteiger charge is 2.17. The third kappa shape index (κ3) is 1.69. The molecule has 0 amide bonds. The molecule has 0 bridgehead atoms. The molecule has 3 nitrogen and oxygen atoms in total. The Hall–Kier alpha value is -1.44. The molecule has 5 heteroatoms. The third-order valence-electron chi connectivity index (χ3n) is 2.30. The SMILES string of the molecule is CCc1c(-c2ccc(Cl)o2)sc(C#N)c1N. The molecule has 0 spiro atoms. The second-order valence-corrected chi connectivity index (χ2v) is 4.61. The second-order valence-electron chi connectivity index (χ2n) is 3.22. The van der Waals surface area contributed by atoms with Gasteiger partial charge in [0.25, 0.3) is 0 Å². The van der Waals surface area contributed by atoms with Gasteiger partial charge in [0.05, 0.1) is 10.6 Å². The molecule has 0 unspecified atom stereocenters. The lowest BCUT2D eigenvalue weighted by atomic mass is 10.1.